The average molecular weight is 445 g/mol. The van der Waals surface area contributed by atoms with Crippen LogP contribution in [0.2, 0.25) is 0 Å². The van der Waals surface area contributed by atoms with E-state index >= 15 is 0 Å². The quantitative estimate of drug-likeness (QED) is 0.454. The first-order valence-corrected chi connectivity index (χ1v) is 14.1. The molecular weight excluding hydrogens is 392 g/mol. The van der Waals surface area contributed by atoms with Crippen LogP contribution in [-0.2, 0) is 0 Å². The van der Waals surface area contributed by atoms with E-state index < -0.39 is 0 Å². The lowest BCUT2D eigenvalue weighted by Crippen LogP contribution is -2.70. The van der Waals surface area contributed by atoms with Crippen LogP contribution in [0, 0.1) is 62.6 Å². The molecule has 0 aromatic rings. The van der Waals surface area contributed by atoms with Crippen LogP contribution in [0.4, 0.5) is 0 Å². The molecule has 0 bridgehead atoms. The summed E-state index contributed by atoms with van der Waals surface area (Å²) in [5.74, 6) is 3.55. The zero-order chi connectivity index (χ0) is 23.5. The molecule has 5 rings (SSSR count). The van der Waals surface area contributed by atoms with Crippen LogP contribution in [0.1, 0.15) is 113 Å². The van der Waals surface area contributed by atoms with Crippen molar-refractivity contribution in [2.75, 3.05) is 0 Å². The number of fused-ring (bicyclic) bond motifs is 7. The molecule has 0 amide bonds. The fourth-order valence-corrected chi connectivity index (χ4v) is 12.4. The van der Waals surface area contributed by atoms with Gasteiger partial charge in [-0.2, -0.15) is 0 Å². The van der Waals surface area contributed by atoms with Crippen LogP contribution >= 0.6 is 0 Å². The van der Waals surface area contributed by atoms with Gasteiger partial charge in [0.25, 0.3) is 0 Å². The monoisotopic (exact) mass is 444 g/mol. The molecule has 2 N–H and O–H groups in total. The number of hydrogen-bond donors (Lipinski definition) is 2. The minimum atomic E-state index is -0.207. The Morgan fingerprint density at radius 2 is 1.25 bits per heavy atom. The van der Waals surface area contributed by atoms with Gasteiger partial charge in [-0.3, -0.25) is 0 Å². The molecule has 5 aliphatic carbocycles. The van der Waals surface area contributed by atoms with Crippen molar-refractivity contribution in [2.24, 2.45) is 62.6 Å². The summed E-state index contributed by atoms with van der Waals surface area (Å²) in [5.41, 5.74) is 0.928. The fraction of sp³-hybridized carbons (Fsp3) is 1.00. The molecule has 0 saturated heterocycles. The topological polar surface area (TPSA) is 40.5 Å². The summed E-state index contributed by atoms with van der Waals surface area (Å²) in [5, 5.41) is 23.5. The first kappa shape index (κ1) is 23.7. The Hall–Kier alpha value is -0.0800. The Labute approximate surface area is 198 Å². The van der Waals surface area contributed by atoms with Crippen molar-refractivity contribution < 1.29 is 10.2 Å². The second kappa shape index (κ2) is 6.99. The maximum absolute atomic E-state index is 11.8. The standard InChI is InChI=1S/C30H52O2/c1-18(2)19-12-15-27(5)22-10-11-23-28(6)14-9-13-26(3,4)25(28)21(32)17-30(23,8)29(22,7)16-20(31)24(19)27/h18-25,31-32H,9-17H2,1-8H3/t19-,20+,21+,22-,23-,24-,25+,27-,28-,29-,30-/m1/s1. The summed E-state index contributed by atoms with van der Waals surface area (Å²) < 4.78 is 0. The molecule has 0 aromatic carbocycles. The van der Waals surface area contributed by atoms with Crippen molar-refractivity contribution in [1.82, 2.24) is 0 Å². The van der Waals surface area contributed by atoms with Gasteiger partial charge in [0.15, 0.2) is 0 Å². The van der Waals surface area contributed by atoms with Gasteiger partial charge in [0, 0.05) is 0 Å². The van der Waals surface area contributed by atoms with Crippen molar-refractivity contribution >= 4 is 0 Å². The van der Waals surface area contributed by atoms with Crippen molar-refractivity contribution in [3.05, 3.63) is 0 Å². The predicted octanol–water partition coefficient (Wildman–Crippen LogP) is 7.08. The van der Waals surface area contributed by atoms with Gasteiger partial charge in [0.05, 0.1) is 12.2 Å². The van der Waals surface area contributed by atoms with Crippen LogP contribution in [0.25, 0.3) is 0 Å². The second-order valence-electron chi connectivity index (χ2n) is 15.4. The van der Waals surface area contributed by atoms with E-state index in [0.29, 0.717) is 35.5 Å². The predicted molar refractivity (Wildman–Crippen MR) is 132 cm³/mol. The van der Waals surface area contributed by atoms with Crippen LogP contribution in [0.3, 0.4) is 0 Å². The summed E-state index contributed by atoms with van der Waals surface area (Å²) in [6, 6.07) is 0. The minimum absolute atomic E-state index is 0.110. The molecule has 0 aromatic heterocycles. The molecule has 0 unspecified atom stereocenters. The molecule has 184 valence electrons. The van der Waals surface area contributed by atoms with E-state index in [1.807, 2.05) is 0 Å². The molecule has 32 heavy (non-hydrogen) atoms. The Kier molecular flexibility index (Phi) is 5.17. The summed E-state index contributed by atoms with van der Waals surface area (Å²) in [7, 11) is 0. The zero-order valence-electron chi connectivity index (χ0n) is 22.4. The highest BCUT2D eigenvalue weighted by molar-refractivity contribution is 5.21. The molecule has 5 aliphatic rings. The summed E-state index contributed by atoms with van der Waals surface area (Å²) in [6.07, 6.45) is 10.6. The third-order valence-corrected chi connectivity index (χ3v) is 13.4. The second-order valence-corrected chi connectivity index (χ2v) is 15.4. The van der Waals surface area contributed by atoms with Crippen molar-refractivity contribution in [3.63, 3.8) is 0 Å². The zero-order valence-corrected chi connectivity index (χ0v) is 22.4. The maximum atomic E-state index is 11.8. The van der Waals surface area contributed by atoms with E-state index in [4.69, 9.17) is 0 Å². The highest BCUT2D eigenvalue weighted by atomic mass is 16.3. The van der Waals surface area contributed by atoms with Crippen molar-refractivity contribution in [1.29, 1.82) is 0 Å². The Bertz CT molecular complexity index is 758. The molecule has 2 nitrogen and oxygen atoms in total. The van der Waals surface area contributed by atoms with E-state index in [0.717, 1.165) is 12.8 Å². The van der Waals surface area contributed by atoms with Gasteiger partial charge in [-0.25, -0.2) is 0 Å². The molecule has 0 spiro atoms. The van der Waals surface area contributed by atoms with E-state index in [9.17, 15) is 10.2 Å². The van der Waals surface area contributed by atoms with E-state index in [1.54, 1.807) is 0 Å². The van der Waals surface area contributed by atoms with Gasteiger partial charge in [-0.1, -0.05) is 61.8 Å². The van der Waals surface area contributed by atoms with Crippen LogP contribution < -0.4 is 0 Å². The van der Waals surface area contributed by atoms with Gasteiger partial charge >= 0.3 is 0 Å². The average Bonchev–Trinajstić information content (AvgIpc) is 3.00. The van der Waals surface area contributed by atoms with Gasteiger partial charge in [-0.05, 0) is 114 Å². The van der Waals surface area contributed by atoms with E-state index in [-0.39, 0.29) is 39.3 Å². The lowest BCUT2D eigenvalue weighted by Gasteiger charge is -2.74. The normalized spacial score (nSPS) is 59.2. The third-order valence-electron chi connectivity index (χ3n) is 13.4. The lowest BCUT2D eigenvalue weighted by molar-refractivity contribution is -0.279. The molecule has 2 heteroatoms. The Morgan fingerprint density at radius 1 is 0.688 bits per heavy atom. The number of hydrogen-bond acceptors (Lipinski definition) is 2. The van der Waals surface area contributed by atoms with Gasteiger partial charge in [0.2, 0.25) is 0 Å². The molecule has 0 aliphatic heterocycles. The van der Waals surface area contributed by atoms with Gasteiger partial charge in [0.1, 0.15) is 0 Å². The fourth-order valence-electron chi connectivity index (χ4n) is 12.4. The van der Waals surface area contributed by atoms with Gasteiger partial charge < -0.3 is 10.2 Å². The molecule has 0 heterocycles. The van der Waals surface area contributed by atoms with Gasteiger partial charge in [-0.15, -0.1) is 0 Å². The Balaban J connectivity index is 1.58. The first-order valence-electron chi connectivity index (χ1n) is 14.1. The highest BCUT2D eigenvalue weighted by Crippen LogP contribution is 2.77. The molecular formula is C30H52O2. The van der Waals surface area contributed by atoms with Crippen LogP contribution in [0.15, 0.2) is 0 Å². The minimum Gasteiger partial charge on any atom is -0.393 e. The first-order chi connectivity index (χ1) is 14.7. The van der Waals surface area contributed by atoms with Crippen molar-refractivity contribution in [3.8, 4) is 0 Å². The summed E-state index contributed by atoms with van der Waals surface area (Å²) >= 11 is 0. The SMILES string of the molecule is CC(C)[C@H]1CC[C@@]2(C)[C@H]1[C@@H](O)C[C@]1(C)[C@@H]2CC[C@@H]2[C@@]3(C)CCCC(C)(C)[C@@H]3[C@@H](O)C[C@]21C. The number of aliphatic hydroxyl groups excluding tert-OH is 2. The Morgan fingerprint density at radius 3 is 1.84 bits per heavy atom. The maximum Gasteiger partial charge on any atom is 0.0584 e. The number of aliphatic hydroxyl groups is 2. The third kappa shape index (κ3) is 2.72. The van der Waals surface area contributed by atoms with Crippen LogP contribution in [0.5, 0.6) is 0 Å². The van der Waals surface area contributed by atoms with Crippen molar-refractivity contribution in [2.45, 2.75) is 125 Å². The van der Waals surface area contributed by atoms with E-state index in [2.05, 4.69) is 55.4 Å². The largest absolute Gasteiger partial charge is 0.393 e. The van der Waals surface area contributed by atoms with E-state index in [1.165, 1.54) is 44.9 Å². The molecule has 5 fully saturated rings. The number of rotatable bonds is 1. The summed E-state index contributed by atoms with van der Waals surface area (Å²) in [6.45, 7) is 19.8. The lowest BCUT2D eigenvalue weighted by atomic mass is 9.31. The summed E-state index contributed by atoms with van der Waals surface area (Å²) in [4.78, 5) is 0. The molecule has 5 saturated carbocycles. The smallest absolute Gasteiger partial charge is 0.0584 e. The van der Waals surface area contributed by atoms with Crippen LogP contribution in [-0.4, -0.2) is 22.4 Å². The molecule has 11 atom stereocenters. The molecule has 0 radical (unpaired) electrons. The highest BCUT2D eigenvalue weighted by Gasteiger charge is 2.73.